The molecule has 3 nitrogen and oxygen atoms in total. The van der Waals surface area contributed by atoms with E-state index in [9.17, 15) is 9.90 Å². The van der Waals surface area contributed by atoms with Crippen LogP contribution in [0.1, 0.15) is 21.5 Å². The highest BCUT2D eigenvalue weighted by molar-refractivity contribution is 6.19. The van der Waals surface area contributed by atoms with Crippen molar-refractivity contribution in [2.75, 3.05) is 0 Å². The lowest BCUT2D eigenvalue weighted by molar-refractivity contribution is 0.0697. The van der Waals surface area contributed by atoms with Crippen molar-refractivity contribution in [3.63, 3.8) is 0 Å². The van der Waals surface area contributed by atoms with Crippen molar-refractivity contribution < 1.29 is 9.90 Å². The van der Waals surface area contributed by atoms with E-state index < -0.39 is 5.97 Å². The van der Waals surface area contributed by atoms with Gasteiger partial charge < -0.3 is 5.11 Å². The van der Waals surface area contributed by atoms with Crippen molar-refractivity contribution in [3.8, 4) is 0 Å². The van der Waals surface area contributed by atoms with Gasteiger partial charge in [0.25, 0.3) is 0 Å². The van der Waals surface area contributed by atoms with Crippen molar-refractivity contribution in [3.05, 3.63) is 83.6 Å². The van der Waals surface area contributed by atoms with Crippen LogP contribution in [0.15, 0.2) is 71.9 Å². The average Bonchev–Trinajstić information content (AvgIpc) is 2.92. The van der Waals surface area contributed by atoms with Crippen LogP contribution in [0.4, 0.5) is 0 Å². The summed E-state index contributed by atoms with van der Waals surface area (Å²) < 4.78 is 0. The zero-order valence-electron chi connectivity index (χ0n) is 13.9. The molecule has 0 unspecified atom stereocenters. The number of carboxylic acids is 1. The molecule has 1 N–H and O–H groups in total. The molecule has 0 saturated carbocycles. The maximum atomic E-state index is 11.4. The van der Waals surface area contributed by atoms with Crippen LogP contribution in [0.25, 0.3) is 32.3 Å². The molecule has 1 aliphatic heterocycles. The van der Waals surface area contributed by atoms with Gasteiger partial charge >= 0.3 is 5.97 Å². The minimum absolute atomic E-state index is 0.313. The Hall–Kier alpha value is -3.46. The van der Waals surface area contributed by atoms with E-state index in [0.29, 0.717) is 5.56 Å². The normalized spacial score (nSPS) is 13.2. The third kappa shape index (κ3) is 2.14. The van der Waals surface area contributed by atoms with Gasteiger partial charge in [0.2, 0.25) is 0 Å². The molecule has 1 heterocycles. The Labute approximate surface area is 149 Å². The van der Waals surface area contributed by atoms with Crippen molar-refractivity contribution in [2.24, 2.45) is 4.99 Å². The Morgan fingerprint density at radius 2 is 1.54 bits per heavy atom. The van der Waals surface area contributed by atoms with Crippen LogP contribution in [0.3, 0.4) is 0 Å². The fraction of sp³-hybridized carbons (Fsp3) is 0.0435. The highest BCUT2D eigenvalue weighted by Gasteiger charge is 2.12. The van der Waals surface area contributed by atoms with E-state index in [0.717, 1.165) is 33.5 Å². The molecular formula is C23H15NO2. The molecule has 0 aliphatic carbocycles. The van der Waals surface area contributed by atoms with Crippen LogP contribution in [0.5, 0.6) is 0 Å². The minimum atomic E-state index is -0.902. The van der Waals surface area contributed by atoms with Crippen molar-refractivity contribution in [2.45, 2.75) is 6.42 Å². The zero-order chi connectivity index (χ0) is 17.7. The SMILES string of the molecule is O=C(O)c1ccc2ccc3c4ccc5c(c4ccc3c2c1)CC=CN=C5. The molecule has 4 aromatic carbocycles. The summed E-state index contributed by atoms with van der Waals surface area (Å²) in [6, 6.07) is 18.0. The maximum Gasteiger partial charge on any atom is 0.335 e. The van der Waals surface area contributed by atoms with Crippen LogP contribution in [-0.2, 0) is 6.42 Å². The van der Waals surface area contributed by atoms with E-state index in [4.69, 9.17) is 0 Å². The Kier molecular flexibility index (Phi) is 3.16. The van der Waals surface area contributed by atoms with Gasteiger partial charge in [-0.05, 0) is 62.0 Å². The molecule has 0 saturated heterocycles. The predicted molar refractivity (Wildman–Crippen MR) is 106 cm³/mol. The number of carboxylic acid groups (broad SMARTS) is 1. The van der Waals surface area contributed by atoms with Gasteiger partial charge in [-0.2, -0.15) is 0 Å². The molecule has 124 valence electrons. The second-order valence-electron chi connectivity index (χ2n) is 6.56. The van der Waals surface area contributed by atoms with Gasteiger partial charge in [-0.1, -0.05) is 48.5 Å². The summed E-state index contributed by atoms with van der Waals surface area (Å²) >= 11 is 0. The fourth-order valence-corrected chi connectivity index (χ4v) is 3.87. The van der Waals surface area contributed by atoms with Gasteiger partial charge in [0.15, 0.2) is 0 Å². The summed E-state index contributed by atoms with van der Waals surface area (Å²) in [4.78, 5) is 15.7. The standard InChI is InChI=1S/C23H15NO2/c25-23(26)15-4-3-14-5-7-20-19-8-6-16-13-24-11-1-2-17(16)18(19)9-10-21(20)22(14)12-15/h1,3-13H,2H2,(H,25,26). The fourth-order valence-electron chi connectivity index (χ4n) is 3.87. The number of hydrogen-bond acceptors (Lipinski definition) is 2. The molecule has 0 fully saturated rings. The summed E-state index contributed by atoms with van der Waals surface area (Å²) in [5, 5.41) is 16.0. The van der Waals surface area contributed by atoms with Crippen LogP contribution in [-0.4, -0.2) is 17.3 Å². The van der Waals surface area contributed by atoms with E-state index in [-0.39, 0.29) is 0 Å². The largest absolute Gasteiger partial charge is 0.478 e. The Morgan fingerprint density at radius 3 is 2.42 bits per heavy atom. The number of aromatic carboxylic acids is 1. The van der Waals surface area contributed by atoms with Crippen LogP contribution in [0, 0.1) is 0 Å². The van der Waals surface area contributed by atoms with Gasteiger partial charge in [0.1, 0.15) is 0 Å². The first-order valence-corrected chi connectivity index (χ1v) is 8.55. The monoisotopic (exact) mass is 337 g/mol. The first-order valence-electron chi connectivity index (χ1n) is 8.55. The van der Waals surface area contributed by atoms with Crippen molar-refractivity contribution in [1.29, 1.82) is 0 Å². The number of carbonyl (C=O) groups is 1. The minimum Gasteiger partial charge on any atom is -0.478 e. The van der Waals surface area contributed by atoms with Gasteiger partial charge in [-0.3, -0.25) is 4.99 Å². The van der Waals surface area contributed by atoms with Gasteiger partial charge in [-0.25, -0.2) is 4.79 Å². The van der Waals surface area contributed by atoms with E-state index in [2.05, 4.69) is 47.5 Å². The molecule has 0 aromatic heterocycles. The first-order chi connectivity index (χ1) is 12.7. The smallest absolute Gasteiger partial charge is 0.335 e. The molecule has 0 atom stereocenters. The topological polar surface area (TPSA) is 49.7 Å². The summed E-state index contributed by atoms with van der Waals surface area (Å²) in [7, 11) is 0. The number of hydrogen-bond donors (Lipinski definition) is 1. The van der Waals surface area contributed by atoms with E-state index in [1.165, 1.54) is 16.3 Å². The van der Waals surface area contributed by atoms with Crippen LogP contribution in [0.2, 0.25) is 0 Å². The molecule has 26 heavy (non-hydrogen) atoms. The predicted octanol–water partition coefficient (Wildman–Crippen LogP) is 5.33. The highest BCUT2D eigenvalue weighted by Crippen LogP contribution is 2.34. The third-order valence-electron chi connectivity index (χ3n) is 5.14. The Balaban J connectivity index is 1.89. The second-order valence-corrected chi connectivity index (χ2v) is 6.56. The zero-order valence-corrected chi connectivity index (χ0v) is 13.9. The van der Waals surface area contributed by atoms with E-state index in [1.54, 1.807) is 12.1 Å². The molecule has 0 spiro atoms. The molecular weight excluding hydrogens is 322 g/mol. The number of fused-ring (bicyclic) bond motifs is 7. The summed E-state index contributed by atoms with van der Waals surface area (Å²) in [5.74, 6) is -0.902. The van der Waals surface area contributed by atoms with E-state index >= 15 is 0 Å². The van der Waals surface area contributed by atoms with Crippen LogP contribution < -0.4 is 0 Å². The highest BCUT2D eigenvalue weighted by atomic mass is 16.4. The average molecular weight is 337 g/mol. The maximum absolute atomic E-state index is 11.4. The number of nitrogens with zero attached hydrogens (tertiary/aromatic N) is 1. The molecule has 1 aliphatic rings. The molecule has 3 heteroatoms. The number of aliphatic imine (C=N–C) groups is 1. The number of allylic oxidation sites excluding steroid dienone is 1. The molecule has 0 amide bonds. The second kappa shape index (κ2) is 5.53. The van der Waals surface area contributed by atoms with Crippen LogP contribution >= 0.6 is 0 Å². The summed E-state index contributed by atoms with van der Waals surface area (Å²) in [6.07, 6.45) is 6.68. The van der Waals surface area contributed by atoms with Gasteiger partial charge in [-0.15, -0.1) is 0 Å². The molecule has 0 bridgehead atoms. The molecule has 5 rings (SSSR count). The summed E-state index contributed by atoms with van der Waals surface area (Å²) in [5.41, 5.74) is 2.74. The Morgan fingerprint density at radius 1 is 0.846 bits per heavy atom. The Bertz CT molecular complexity index is 1280. The number of benzene rings is 4. The summed E-state index contributed by atoms with van der Waals surface area (Å²) in [6.45, 7) is 0. The third-order valence-corrected chi connectivity index (χ3v) is 5.14. The molecule has 0 radical (unpaired) electrons. The van der Waals surface area contributed by atoms with Crippen molar-refractivity contribution >= 4 is 44.5 Å². The lowest BCUT2D eigenvalue weighted by Crippen LogP contribution is -1.96. The first kappa shape index (κ1) is 14.8. The number of rotatable bonds is 1. The van der Waals surface area contributed by atoms with E-state index in [1.807, 2.05) is 18.5 Å². The quantitative estimate of drug-likeness (QED) is 0.477. The lowest BCUT2D eigenvalue weighted by Gasteiger charge is -2.12. The lowest BCUT2D eigenvalue weighted by atomic mass is 9.91. The van der Waals surface area contributed by atoms with Gasteiger partial charge in [0.05, 0.1) is 5.56 Å². The molecule has 4 aromatic rings. The van der Waals surface area contributed by atoms with Crippen molar-refractivity contribution in [1.82, 2.24) is 0 Å². The van der Waals surface area contributed by atoms with Gasteiger partial charge in [0, 0.05) is 12.4 Å².